The molecule has 6 heteroatoms. The van der Waals surface area contributed by atoms with Gasteiger partial charge < -0.3 is 16.2 Å². The third-order valence-corrected chi connectivity index (χ3v) is 3.36. The van der Waals surface area contributed by atoms with Crippen LogP contribution in [-0.4, -0.2) is 17.0 Å². The fourth-order valence-electron chi connectivity index (χ4n) is 1.64. The molecule has 0 aromatic heterocycles. The number of carbonyl (C=O) groups is 2. The van der Waals surface area contributed by atoms with Gasteiger partial charge in [-0.3, -0.25) is 4.79 Å². The molecular formula is C14H11BrN2O3. The molecule has 0 aliphatic carbocycles. The fourth-order valence-corrected chi connectivity index (χ4v) is 2.02. The number of halogens is 1. The first-order chi connectivity index (χ1) is 9.49. The number of nitrogens with one attached hydrogen (secondary N) is 1. The van der Waals surface area contributed by atoms with E-state index in [4.69, 9.17) is 10.8 Å². The van der Waals surface area contributed by atoms with Crippen LogP contribution in [0.25, 0.3) is 0 Å². The number of carboxylic acid groups (broad SMARTS) is 1. The molecule has 0 aliphatic heterocycles. The van der Waals surface area contributed by atoms with E-state index >= 15 is 0 Å². The van der Waals surface area contributed by atoms with Crippen LogP contribution in [-0.2, 0) is 0 Å². The zero-order valence-corrected chi connectivity index (χ0v) is 11.8. The minimum absolute atomic E-state index is 0.0374. The Morgan fingerprint density at radius 1 is 1.15 bits per heavy atom. The zero-order chi connectivity index (χ0) is 14.7. The van der Waals surface area contributed by atoms with Gasteiger partial charge in [0.25, 0.3) is 5.91 Å². The second-order valence-corrected chi connectivity index (χ2v) is 4.90. The van der Waals surface area contributed by atoms with Crippen molar-refractivity contribution in [1.29, 1.82) is 0 Å². The lowest BCUT2D eigenvalue weighted by atomic mass is 10.1. The summed E-state index contributed by atoms with van der Waals surface area (Å²) in [7, 11) is 0. The number of hydrogen-bond acceptors (Lipinski definition) is 3. The minimum Gasteiger partial charge on any atom is -0.478 e. The summed E-state index contributed by atoms with van der Waals surface area (Å²) in [5.41, 5.74) is 6.84. The SMILES string of the molecule is Nc1ccc(C(=O)Nc2ccccc2C(=O)O)cc1Br. The number of nitrogens with two attached hydrogens (primary N) is 1. The number of carboxylic acids is 1. The van der Waals surface area contributed by atoms with Gasteiger partial charge in [0.1, 0.15) is 0 Å². The number of anilines is 2. The van der Waals surface area contributed by atoms with Crippen LogP contribution in [0.3, 0.4) is 0 Å². The van der Waals surface area contributed by atoms with E-state index in [1.165, 1.54) is 12.1 Å². The van der Waals surface area contributed by atoms with Crippen molar-refractivity contribution >= 4 is 39.2 Å². The molecule has 5 nitrogen and oxygen atoms in total. The van der Waals surface area contributed by atoms with Crippen LogP contribution in [0.4, 0.5) is 11.4 Å². The summed E-state index contributed by atoms with van der Waals surface area (Å²) >= 11 is 3.24. The Balaban J connectivity index is 2.28. The summed E-state index contributed by atoms with van der Waals surface area (Å²) in [6.45, 7) is 0. The Morgan fingerprint density at radius 2 is 1.85 bits per heavy atom. The molecule has 0 heterocycles. The lowest BCUT2D eigenvalue weighted by molar-refractivity contribution is 0.0698. The van der Waals surface area contributed by atoms with Gasteiger partial charge in [0.05, 0.1) is 11.3 Å². The van der Waals surface area contributed by atoms with Gasteiger partial charge in [0.15, 0.2) is 0 Å². The van der Waals surface area contributed by atoms with E-state index in [0.717, 1.165) is 0 Å². The van der Waals surface area contributed by atoms with Crippen LogP contribution in [0.5, 0.6) is 0 Å². The maximum atomic E-state index is 12.1. The Morgan fingerprint density at radius 3 is 2.50 bits per heavy atom. The number of amides is 1. The molecule has 0 spiro atoms. The summed E-state index contributed by atoms with van der Waals surface area (Å²) in [6.07, 6.45) is 0. The number of hydrogen-bond donors (Lipinski definition) is 3. The Bertz CT molecular complexity index is 686. The van der Waals surface area contributed by atoms with Crippen molar-refractivity contribution in [2.45, 2.75) is 0 Å². The monoisotopic (exact) mass is 334 g/mol. The number of aromatic carboxylic acids is 1. The highest BCUT2D eigenvalue weighted by atomic mass is 79.9. The van der Waals surface area contributed by atoms with Crippen molar-refractivity contribution in [1.82, 2.24) is 0 Å². The van der Waals surface area contributed by atoms with E-state index in [9.17, 15) is 9.59 Å². The number of nitrogen functional groups attached to an aromatic ring is 1. The minimum atomic E-state index is -1.10. The van der Waals surface area contributed by atoms with Crippen molar-refractivity contribution < 1.29 is 14.7 Å². The summed E-state index contributed by atoms with van der Waals surface area (Å²) < 4.78 is 0.608. The van der Waals surface area contributed by atoms with E-state index in [1.807, 2.05) is 0 Å². The first kappa shape index (κ1) is 14.1. The van der Waals surface area contributed by atoms with Gasteiger partial charge in [-0.2, -0.15) is 0 Å². The molecule has 1 amide bonds. The number of carbonyl (C=O) groups excluding carboxylic acids is 1. The zero-order valence-electron chi connectivity index (χ0n) is 10.3. The van der Waals surface area contributed by atoms with Crippen LogP contribution in [0.15, 0.2) is 46.9 Å². The highest BCUT2D eigenvalue weighted by Gasteiger charge is 2.13. The molecule has 20 heavy (non-hydrogen) atoms. The second-order valence-electron chi connectivity index (χ2n) is 4.04. The Kier molecular flexibility index (Phi) is 4.05. The fraction of sp³-hybridized carbons (Fsp3) is 0. The van der Waals surface area contributed by atoms with Crippen molar-refractivity contribution in [3.05, 3.63) is 58.1 Å². The van der Waals surface area contributed by atoms with Crippen molar-refractivity contribution in [2.24, 2.45) is 0 Å². The first-order valence-corrected chi connectivity index (χ1v) is 6.47. The van der Waals surface area contributed by atoms with Crippen LogP contribution in [0.1, 0.15) is 20.7 Å². The van der Waals surface area contributed by atoms with Crippen molar-refractivity contribution in [3.63, 3.8) is 0 Å². The molecule has 0 atom stereocenters. The molecule has 2 aromatic rings. The van der Waals surface area contributed by atoms with Gasteiger partial charge in [-0.1, -0.05) is 12.1 Å². The normalized spacial score (nSPS) is 10.1. The highest BCUT2D eigenvalue weighted by Crippen LogP contribution is 2.22. The number of para-hydroxylation sites is 1. The predicted octanol–water partition coefficient (Wildman–Crippen LogP) is 2.98. The van der Waals surface area contributed by atoms with Gasteiger partial charge in [-0.15, -0.1) is 0 Å². The topological polar surface area (TPSA) is 92.4 Å². The molecule has 2 aromatic carbocycles. The van der Waals surface area contributed by atoms with Crippen LogP contribution in [0, 0.1) is 0 Å². The van der Waals surface area contributed by atoms with E-state index < -0.39 is 11.9 Å². The maximum absolute atomic E-state index is 12.1. The molecule has 4 N–H and O–H groups in total. The summed E-state index contributed by atoms with van der Waals surface area (Å²) in [5.74, 6) is -1.50. The second kappa shape index (κ2) is 5.75. The Hall–Kier alpha value is -2.34. The van der Waals surface area contributed by atoms with Gasteiger partial charge in [-0.25, -0.2) is 4.79 Å². The molecule has 102 valence electrons. The van der Waals surface area contributed by atoms with Gasteiger partial charge in [0, 0.05) is 15.7 Å². The smallest absolute Gasteiger partial charge is 0.337 e. The van der Waals surface area contributed by atoms with Crippen LogP contribution in [0.2, 0.25) is 0 Å². The molecule has 0 fully saturated rings. The lowest BCUT2D eigenvalue weighted by Crippen LogP contribution is -2.14. The summed E-state index contributed by atoms with van der Waals surface area (Å²) in [4.78, 5) is 23.1. The highest BCUT2D eigenvalue weighted by molar-refractivity contribution is 9.10. The predicted molar refractivity (Wildman–Crippen MR) is 79.9 cm³/mol. The average molecular weight is 335 g/mol. The molecular weight excluding hydrogens is 324 g/mol. The number of rotatable bonds is 3. The average Bonchev–Trinajstić information content (AvgIpc) is 2.42. The standard InChI is InChI=1S/C14H11BrN2O3/c15-10-7-8(5-6-11(10)16)13(18)17-12-4-2-1-3-9(12)14(19)20/h1-7H,16H2,(H,17,18)(H,19,20). The quantitative estimate of drug-likeness (QED) is 0.752. The Labute approximate surface area is 123 Å². The van der Waals surface area contributed by atoms with Gasteiger partial charge in [0.2, 0.25) is 0 Å². The molecule has 0 unspecified atom stereocenters. The molecule has 0 bridgehead atoms. The molecule has 0 saturated carbocycles. The largest absolute Gasteiger partial charge is 0.478 e. The maximum Gasteiger partial charge on any atom is 0.337 e. The van der Waals surface area contributed by atoms with E-state index in [1.54, 1.807) is 30.3 Å². The molecule has 2 rings (SSSR count). The van der Waals surface area contributed by atoms with Crippen LogP contribution < -0.4 is 11.1 Å². The lowest BCUT2D eigenvalue weighted by Gasteiger charge is -2.09. The van der Waals surface area contributed by atoms with Crippen molar-refractivity contribution in [3.8, 4) is 0 Å². The number of benzene rings is 2. The molecule has 0 saturated heterocycles. The third kappa shape index (κ3) is 2.97. The van der Waals surface area contributed by atoms with Gasteiger partial charge in [-0.05, 0) is 46.3 Å². The van der Waals surface area contributed by atoms with E-state index in [2.05, 4.69) is 21.2 Å². The van der Waals surface area contributed by atoms with Crippen LogP contribution >= 0.6 is 15.9 Å². The first-order valence-electron chi connectivity index (χ1n) is 5.67. The van der Waals surface area contributed by atoms with E-state index in [0.29, 0.717) is 15.7 Å². The van der Waals surface area contributed by atoms with Gasteiger partial charge >= 0.3 is 5.97 Å². The van der Waals surface area contributed by atoms with Crippen molar-refractivity contribution in [2.75, 3.05) is 11.1 Å². The molecule has 0 radical (unpaired) electrons. The molecule has 0 aliphatic rings. The van der Waals surface area contributed by atoms with E-state index in [-0.39, 0.29) is 11.3 Å². The summed E-state index contributed by atoms with van der Waals surface area (Å²) in [6, 6.07) is 11.0. The third-order valence-electron chi connectivity index (χ3n) is 2.67. The summed E-state index contributed by atoms with van der Waals surface area (Å²) in [5, 5.41) is 11.6.